The summed E-state index contributed by atoms with van der Waals surface area (Å²) in [6.45, 7) is 0. The molecule has 0 saturated heterocycles. The number of benzene rings is 6. The fourth-order valence-electron chi connectivity index (χ4n) is 6.48. The van der Waals surface area contributed by atoms with Crippen LogP contribution in [0.3, 0.4) is 0 Å². The minimum Gasteiger partial charge on any atom is -0.427 e. The monoisotopic (exact) mass is 788 g/mol. The SMILES string of the molecule is O=C(CCCCCCCCCCCC(=O)Oc1ccc(C(=O)Oc2ccc(-c3ccccc3)cc2)cc1)Oc1ccc(C(=O)Oc2ccc(-c3ccccc3)cc2)cc1. The van der Waals surface area contributed by atoms with E-state index in [-0.39, 0.29) is 11.9 Å². The highest BCUT2D eigenvalue weighted by Gasteiger charge is 2.13. The Balaban J connectivity index is 0.760. The van der Waals surface area contributed by atoms with Crippen molar-refractivity contribution in [3.8, 4) is 45.3 Å². The Morgan fingerprint density at radius 1 is 0.288 bits per heavy atom. The maximum absolute atomic E-state index is 12.6. The zero-order valence-corrected chi connectivity index (χ0v) is 33.1. The van der Waals surface area contributed by atoms with Gasteiger partial charge in [-0.1, -0.05) is 130 Å². The highest BCUT2D eigenvalue weighted by Crippen LogP contribution is 2.25. The summed E-state index contributed by atoms with van der Waals surface area (Å²) in [5, 5.41) is 0. The summed E-state index contributed by atoms with van der Waals surface area (Å²) in [6.07, 6.45) is 9.46. The summed E-state index contributed by atoms with van der Waals surface area (Å²) >= 11 is 0. The maximum Gasteiger partial charge on any atom is 0.343 e. The summed E-state index contributed by atoms with van der Waals surface area (Å²) in [7, 11) is 0. The quantitative estimate of drug-likeness (QED) is 0.0428. The lowest BCUT2D eigenvalue weighted by molar-refractivity contribution is -0.135. The summed E-state index contributed by atoms with van der Waals surface area (Å²) in [5.41, 5.74) is 4.96. The Morgan fingerprint density at radius 3 is 0.898 bits per heavy atom. The van der Waals surface area contributed by atoms with Gasteiger partial charge in [0, 0.05) is 12.8 Å². The molecule has 0 fully saturated rings. The van der Waals surface area contributed by atoms with E-state index in [9.17, 15) is 19.2 Å². The predicted molar refractivity (Wildman–Crippen MR) is 229 cm³/mol. The van der Waals surface area contributed by atoms with Gasteiger partial charge in [-0.25, -0.2) is 9.59 Å². The van der Waals surface area contributed by atoms with Crippen LogP contribution in [0.1, 0.15) is 91.3 Å². The minimum atomic E-state index is -0.486. The molecule has 0 unspecified atom stereocenters. The molecule has 6 aromatic carbocycles. The summed E-state index contributed by atoms with van der Waals surface area (Å²) in [4.78, 5) is 50.0. The van der Waals surface area contributed by atoms with Crippen LogP contribution in [0.15, 0.2) is 158 Å². The lowest BCUT2D eigenvalue weighted by atomic mass is 10.1. The van der Waals surface area contributed by atoms with Crippen LogP contribution >= 0.6 is 0 Å². The van der Waals surface area contributed by atoms with E-state index in [0.29, 0.717) is 47.0 Å². The summed E-state index contributed by atoms with van der Waals surface area (Å²) < 4.78 is 21.9. The highest BCUT2D eigenvalue weighted by atomic mass is 16.5. The number of hydrogen-bond donors (Lipinski definition) is 0. The number of carbonyl (C=O) groups is 4. The number of rotatable bonds is 20. The van der Waals surface area contributed by atoms with E-state index in [1.807, 2.05) is 84.9 Å². The van der Waals surface area contributed by atoms with Gasteiger partial charge in [0.15, 0.2) is 0 Å². The molecule has 0 amide bonds. The van der Waals surface area contributed by atoms with Crippen molar-refractivity contribution in [3.05, 3.63) is 169 Å². The first kappa shape index (κ1) is 41.8. The largest absolute Gasteiger partial charge is 0.427 e. The van der Waals surface area contributed by atoms with Crippen LogP contribution in [-0.2, 0) is 9.59 Å². The van der Waals surface area contributed by atoms with E-state index in [1.165, 1.54) is 0 Å². The Hall–Kier alpha value is -6.80. The summed E-state index contributed by atoms with van der Waals surface area (Å²) in [5.74, 6) is 0.119. The maximum atomic E-state index is 12.6. The second-order valence-corrected chi connectivity index (χ2v) is 14.2. The van der Waals surface area contributed by atoms with Gasteiger partial charge in [-0.15, -0.1) is 0 Å². The number of unbranched alkanes of at least 4 members (excludes halogenated alkanes) is 8. The fraction of sp³-hybridized carbons (Fsp3) is 0.216. The van der Waals surface area contributed by atoms with Gasteiger partial charge in [0.1, 0.15) is 23.0 Å². The summed E-state index contributed by atoms with van der Waals surface area (Å²) in [6, 6.07) is 47.4. The van der Waals surface area contributed by atoms with Crippen molar-refractivity contribution in [3.63, 3.8) is 0 Å². The van der Waals surface area contributed by atoms with Crippen molar-refractivity contribution in [1.82, 2.24) is 0 Å². The lowest BCUT2D eigenvalue weighted by Crippen LogP contribution is -2.10. The van der Waals surface area contributed by atoms with Gasteiger partial charge < -0.3 is 18.9 Å². The van der Waals surface area contributed by atoms with Gasteiger partial charge in [-0.05, 0) is 108 Å². The number of ether oxygens (including phenoxy) is 4. The molecule has 0 radical (unpaired) electrons. The van der Waals surface area contributed by atoms with E-state index in [1.54, 1.807) is 72.8 Å². The third kappa shape index (κ3) is 13.7. The second kappa shape index (κ2) is 22.2. The smallest absolute Gasteiger partial charge is 0.343 e. The standard InChI is InChI=1S/C51H48O8/c52-48(56-44-34-26-42(27-35-44)50(54)58-46-30-22-40(23-31-46)38-16-10-8-11-17-38)20-14-6-4-2-1-3-5-7-15-21-49(53)57-45-36-28-43(29-37-45)51(55)59-47-32-24-41(25-33-47)39-18-12-9-13-19-39/h8-13,16-19,22-37H,1-7,14-15,20-21H2. The van der Waals surface area contributed by atoms with Crippen molar-refractivity contribution in [2.24, 2.45) is 0 Å². The van der Waals surface area contributed by atoms with E-state index in [0.717, 1.165) is 80.0 Å². The van der Waals surface area contributed by atoms with Gasteiger partial charge in [-0.2, -0.15) is 0 Å². The number of esters is 4. The molecule has 300 valence electrons. The van der Waals surface area contributed by atoms with Crippen molar-refractivity contribution in [2.45, 2.75) is 70.6 Å². The van der Waals surface area contributed by atoms with E-state index < -0.39 is 11.9 Å². The molecule has 0 bridgehead atoms. The first-order valence-corrected chi connectivity index (χ1v) is 20.3. The fourth-order valence-corrected chi connectivity index (χ4v) is 6.48. The molecule has 8 heteroatoms. The van der Waals surface area contributed by atoms with Crippen molar-refractivity contribution >= 4 is 23.9 Å². The Kier molecular flexibility index (Phi) is 15.8. The van der Waals surface area contributed by atoms with Gasteiger partial charge in [-0.3, -0.25) is 9.59 Å². The zero-order chi connectivity index (χ0) is 41.1. The van der Waals surface area contributed by atoms with Gasteiger partial charge >= 0.3 is 23.9 Å². The molecule has 8 nitrogen and oxygen atoms in total. The molecule has 0 heterocycles. The van der Waals surface area contributed by atoms with Crippen LogP contribution in [0.5, 0.6) is 23.0 Å². The van der Waals surface area contributed by atoms with Crippen molar-refractivity contribution < 1.29 is 38.1 Å². The van der Waals surface area contributed by atoms with E-state index in [2.05, 4.69) is 0 Å². The van der Waals surface area contributed by atoms with Gasteiger partial charge in [0.05, 0.1) is 11.1 Å². The molecular weight excluding hydrogens is 741 g/mol. The molecule has 0 atom stereocenters. The van der Waals surface area contributed by atoms with Gasteiger partial charge in [0.25, 0.3) is 0 Å². The molecule has 0 aromatic heterocycles. The molecule has 59 heavy (non-hydrogen) atoms. The minimum absolute atomic E-state index is 0.295. The average molecular weight is 789 g/mol. The Labute approximate surface area is 345 Å². The zero-order valence-electron chi connectivity index (χ0n) is 33.1. The molecule has 6 rings (SSSR count). The third-order valence-corrected chi connectivity index (χ3v) is 9.75. The molecule has 6 aromatic rings. The molecular formula is C51H48O8. The first-order valence-electron chi connectivity index (χ1n) is 20.3. The third-order valence-electron chi connectivity index (χ3n) is 9.75. The van der Waals surface area contributed by atoms with Crippen LogP contribution in [0.2, 0.25) is 0 Å². The van der Waals surface area contributed by atoms with Gasteiger partial charge in [0.2, 0.25) is 0 Å². The lowest BCUT2D eigenvalue weighted by Gasteiger charge is -2.08. The van der Waals surface area contributed by atoms with Crippen molar-refractivity contribution in [1.29, 1.82) is 0 Å². The molecule has 0 aliphatic carbocycles. The number of carbonyl (C=O) groups excluding carboxylic acids is 4. The van der Waals surface area contributed by atoms with Crippen LogP contribution in [0.25, 0.3) is 22.3 Å². The molecule has 0 aliphatic rings. The second-order valence-electron chi connectivity index (χ2n) is 14.2. The van der Waals surface area contributed by atoms with Crippen LogP contribution in [0, 0.1) is 0 Å². The van der Waals surface area contributed by atoms with E-state index >= 15 is 0 Å². The molecule has 0 N–H and O–H groups in total. The van der Waals surface area contributed by atoms with Crippen LogP contribution in [-0.4, -0.2) is 23.9 Å². The molecule has 0 saturated carbocycles. The molecule has 0 spiro atoms. The normalized spacial score (nSPS) is 10.7. The van der Waals surface area contributed by atoms with E-state index in [4.69, 9.17) is 18.9 Å². The Bertz CT molecular complexity index is 2070. The Morgan fingerprint density at radius 2 is 0.559 bits per heavy atom. The van der Waals surface area contributed by atoms with Crippen molar-refractivity contribution in [2.75, 3.05) is 0 Å². The predicted octanol–water partition coefficient (Wildman–Crippen LogP) is 12.3. The van der Waals surface area contributed by atoms with Crippen LogP contribution in [0.4, 0.5) is 0 Å². The highest BCUT2D eigenvalue weighted by molar-refractivity contribution is 5.92. The average Bonchev–Trinajstić information content (AvgIpc) is 3.27. The number of hydrogen-bond acceptors (Lipinski definition) is 8. The topological polar surface area (TPSA) is 105 Å². The van der Waals surface area contributed by atoms with Crippen LogP contribution < -0.4 is 18.9 Å². The first-order chi connectivity index (χ1) is 28.9. The molecule has 0 aliphatic heterocycles.